The van der Waals surface area contributed by atoms with E-state index in [-0.39, 0.29) is 25.4 Å². The van der Waals surface area contributed by atoms with E-state index in [9.17, 15) is 14.7 Å². The second-order valence-electron chi connectivity index (χ2n) is 7.18. The molecule has 5 nitrogen and oxygen atoms in total. The number of nitrogens with zero attached hydrogens (tertiary/aromatic N) is 1. The van der Waals surface area contributed by atoms with Gasteiger partial charge in [0.15, 0.2) is 5.60 Å². The number of carbonyl (C=O) groups excluding carboxylic acids is 2. The van der Waals surface area contributed by atoms with Crippen molar-refractivity contribution >= 4 is 44.1 Å². The highest BCUT2D eigenvalue weighted by molar-refractivity contribution is 9.10. The number of hydrogen-bond donors (Lipinski definition) is 1. The van der Waals surface area contributed by atoms with Crippen molar-refractivity contribution in [1.29, 1.82) is 0 Å². The van der Waals surface area contributed by atoms with Gasteiger partial charge < -0.3 is 14.7 Å². The van der Waals surface area contributed by atoms with Crippen molar-refractivity contribution in [3.05, 3.63) is 70.7 Å². The fraction of sp³-hybridized carbons (Fsp3) is 0.217. The molecule has 0 radical (unpaired) electrons. The van der Waals surface area contributed by atoms with Crippen LogP contribution < -0.4 is 9.64 Å². The average Bonchev–Trinajstić information content (AvgIpc) is 2.89. The first kappa shape index (κ1) is 19.6. The van der Waals surface area contributed by atoms with Crippen molar-refractivity contribution in [1.82, 2.24) is 0 Å². The largest absolute Gasteiger partial charge is 0.491 e. The molecule has 1 unspecified atom stereocenters. The molecular weight excluding hydrogens is 434 g/mol. The normalized spacial score (nSPS) is 18.2. The van der Waals surface area contributed by atoms with Crippen molar-refractivity contribution in [2.45, 2.75) is 18.9 Å². The number of fused-ring (bicyclic) bond motifs is 2. The fourth-order valence-corrected chi connectivity index (χ4v) is 4.21. The standard InChI is InChI=1S/C23H20BrNO4/c1-15(26)14-23(28)19-13-17(24)9-10-20(19)25(22(23)27)11-12-29-21-8-4-6-16-5-2-3-7-18(16)21/h2-10,13,28H,11-12,14H2,1H3. The molecule has 0 fully saturated rings. The van der Waals surface area contributed by atoms with Crippen molar-refractivity contribution in [3.63, 3.8) is 0 Å². The summed E-state index contributed by atoms with van der Waals surface area (Å²) in [7, 11) is 0. The topological polar surface area (TPSA) is 66.8 Å². The lowest BCUT2D eigenvalue weighted by Crippen LogP contribution is -2.43. The van der Waals surface area contributed by atoms with Crippen molar-refractivity contribution in [2.24, 2.45) is 0 Å². The van der Waals surface area contributed by atoms with Crippen LogP contribution >= 0.6 is 15.9 Å². The summed E-state index contributed by atoms with van der Waals surface area (Å²) < 4.78 is 6.70. The van der Waals surface area contributed by atoms with Gasteiger partial charge in [0.25, 0.3) is 5.91 Å². The van der Waals surface area contributed by atoms with Gasteiger partial charge in [-0.15, -0.1) is 0 Å². The number of hydrogen-bond acceptors (Lipinski definition) is 4. The predicted octanol–water partition coefficient (Wildman–Crippen LogP) is 4.19. The third kappa shape index (κ3) is 3.54. The number of rotatable bonds is 6. The molecule has 4 rings (SSSR count). The van der Waals surface area contributed by atoms with Gasteiger partial charge >= 0.3 is 0 Å². The minimum atomic E-state index is -1.84. The van der Waals surface area contributed by atoms with Crippen LogP contribution in [-0.4, -0.2) is 29.9 Å². The molecule has 0 spiro atoms. The van der Waals surface area contributed by atoms with Gasteiger partial charge in [0.2, 0.25) is 0 Å². The van der Waals surface area contributed by atoms with Gasteiger partial charge in [-0.05, 0) is 36.6 Å². The van der Waals surface area contributed by atoms with Crippen LogP contribution in [0.4, 0.5) is 5.69 Å². The lowest BCUT2D eigenvalue weighted by Gasteiger charge is -2.22. The summed E-state index contributed by atoms with van der Waals surface area (Å²) in [5.74, 6) is -0.00674. The van der Waals surface area contributed by atoms with E-state index in [2.05, 4.69) is 15.9 Å². The Morgan fingerprint density at radius 2 is 1.90 bits per heavy atom. The highest BCUT2D eigenvalue weighted by Crippen LogP contribution is 2.43. The average molecular weight is 454 g/mol. The predicted molar refractivity (Wildman–Crippen MR) is 115 cm³/mol. The van der Waals surface area contributed by atoms with E-state index in [0.29, 0.717) is 11.3 Å². The van der Waals surface area contributed by atoms with Crippen LogP contribution in [0.5, 0.6) is 5.75 Å². The zero-order chi connectivity index (χ0) is 20.6. The molecule has 0 bridgehead atoms. The number of amides is 1. The Morgan fingerprint density at radius 3 is 2.69 bits per heavy atom. The zero-order valence-corrected chi connectivity index (χ0v) is 17.5. The van der Waals surface area contributed by atoms with Crippen LogP contribution in [0, 0.1) is 0 Å². The third-order valence-electron chi connectivity index (χ3n) is 5.12. The summed E-state index contributed by atoms with van der Waals surface area (Å²) in [6.07, 6.45) is -0.254. The molecule has 0 saturated heterocycles. The Hall–Kier alpha value is -2.70. The van der Waals surface area contributed by atoms with Crippen LogP contribution in [0.1, 0.15) is 18.9 Å². The summed E-state index contributed by atoms with van der Waals surface area (Å²) >= 11 is 3.38. The second-order valence-corrected chi connectivity index (χ2v) is 8.10. The van der Waals surface area contributed by atoms with Crippen molar-refractivity contribution in [3.8, 4) is 5.75 Å². The molecule has 29 heavy (non-hydrogen) atoms. The molecule has 3 aromatic carbocycles. The van der Waals surface area contributed by atoms with E-state index >= 15 is 0 Å². The van der Waals surface area contributed by atoms with Crippen LogP contribution in [0.2, 0.25) is 0 Å². The molecule has 1 heterocycles. The zero-order valence-electron chi connectivity index (χ0n) is 15.9. The summed E-state index contributed by atoms with van der Waals surface area (Å²) in [4.78, 5) is 26.2. The maximum absolute atomic E-state index is 13.0. The van der Waals surface area contributed by atoms with E-state index in [0.717, 1.165) is 21.0 Å². The number of ketones is 1. The smallest absolute Gasteiger partial charge is 0.264 e. The quantitative estimate of drug-likeness (QED) is 0.607. The number of halogens is 1. The van der Waals surface area contributed by atoms with Gasteiger partial charge in [0.05, 0.1) is 12.2 Å². The van der Waals surface area contributed by atoms with Crippen molar-refractivity contribution in [2.75, 3.05) is 18.1 Å². The first-order chi connectivity index (χ1) is 13.9. The molecule has 1 N–H and O–H groups in total. The van der Waals surface area contributed by atoms with Gasteiger partial charge in [-0.25, -0.2) is 0 Å². The van der Waals surface area contributed by atoms with Crippen molar-refractivity contribution < 1.29 is 19.4 Å². The molecule has 1 amide bonds. The SMILES string of the molecule is CC(=O)CC1(O)C(=O)N(CCOc2cccc3ccccc23)c2ccc(Br)cc21. The lowest BCUT2D eigenvalue weighted by atomic mass is 9.90. The Bertz CT molecular complexity index is 1110. The van der Waals surface area contributed by atoms with E-state index in [1.54, 1.807) is 12.1 Å². The monoisotopic (exact) mass is 453 g/mol. The van der Waals surface area contributed by atoms with Gasteiger partial charge in [0, 0.05) is 21.8 Å². The van der Waals surface area contributed by atoms with Crippen LogP contribution in [0.15, 0.2) is 65.1 Å². The Balaban J connectivity index is 1.57. The number of carbonyl (C=O) groups is 2. The molecule has 0 saturated carbocycles. The molecular formula is C23H20BrNO4. The maximum Gasteiger partial charge on any atom is 0.264 e. The summed E-state index contributed by atoms with van der Waals surface area (Å²) in [5.41, 5.74) is -0.801. The molecule has 1 aliphatic rings. The number of anilines is 1. The Morgan fingerprint density at radius 1 is 1.14 bits per heavy atom. The van der Waals surface area contributed by atoms with Gasteiger partial charge in [-0.2, -0.15) is 0 Å². The highest BCUT2D eigenvalue weighted by Gasteiger charge is 2.50. The Kier molecular flexibility index (Phi) is 5.15. The molecule has 0 aromatic heterocycles. The maximum atomic E-state index is 13.0. The molecule has 1 aliphatic heterocycles. The lowest BCUT2D eigenvalue weighted by molar-refractivity contribution is -0.141. The third-order valence-corrected chi connectivity index (χ3v) is 5.61. The van der Waals surface area contributed by atoms with Crippen LogP contribution in [0.25, 0.3) is 10.8 Å². The fourth-order valence-electron chi connectivity index (χ4n) is 3.84. The van der Waals surface area contributed by atoms with Gasteiger partial charge in [-0.1, -0.05) is 52.3 Å². The summed E-state index contributed by atoms with van der Waals surface area (Å²) in [5, 5.41) is 13.1. The number of ether oxygens (including phenoxy) is 1. The highest BCUT2D eigenvalue weighted by atomic mass is 79.9. The number of aliphatic hydroxyl groups is 1. The number of benzene rings is 3. The van der Waals surface area contributed by atoms with E-state index < -0.39 is 11.5 Å². The van der Waals surface area contributed by atoms with E-state index in [1.165, 1.54) is 11.8 Å². The van der Waals surface area contributed by atoms with Gasteiger partial charge in [-0.3, -0.25) is 9.59 Å². The molecule has 1 atom stereocenters. The minimum absolute atomic E-state index is 0.249. The van der Waals surface area contributed by atoms with E-state index in [4.69, 9.17) is 4.74 Å². The molecule has 3 aromatic rings. The van der Waals surface area contributed by atoms with Crippen LogP contribution in [0.3, 0.4) is 0 Å². The number of Topliss-reactive ketones (excluding diaryl/α,β-unsaturated/α-hetero) is 1. The van der Waals surface area contributed by atoms with Gasteiger partial charge in [0.1, 0.15) is 18.1 Å². The Labute approximate surface area is 177 Å². The molecule has 148 valence electrons. The molecule has 0 aliphatic carbocycles. The minimum Gasteiger partial charge on any atom is -0.491 e. The summed E-state index contributed by atoms with van der Waals surface area (Å²) in [6, 6.07) is 19.0. The first-order valence-electron chi connectivity index (χ1n) is 9.34. The summed E-state index contributed by atoms with van der Waals surface area (Å²) in [6.45, 7) is 1.89. The van der Waals surface area contributed by atoms with Crippen LogP contribution in [-0.2, 0) is 15.2 Å². The first-order valence-corrected chi connectivity index (χ1v) is 10.1. The van der Waals surface area contributed by atoms with E-state index in [1.807, 2.05) is 48.5 Å². The molecule has 6 heteroatoms. The second kappa shape index (κ2) is 7.61.